The van der Waals surface area contributed by atoms with E-state index in [1.807, 2.05) is 0 Å². The molecule has 0 aromatic heterocycles. The maximum Gasteiger partial charge on any atom is 0.335 e. The van der Waals surface area contributed by atoms with Gasteiger partial charge in [0.15, 0.2) is 0 Å². The number of fused-ring (bicyclic) bond motifs is 5. The molecule has 0 bridgehead atoms. The smallest absolute Gasteiger partial charge is 0.335 e. The number of ether oxygens (including phenoxy) is 1. The number of benzene rings is 1. The van der Waals surface area contributed by atoms with Crippen LogP contribution in [0, 0.1) is 46.3 Å². The number of nitrogens with one attached hydrogen (secondary N) is 1. The minimum Gasteiger partial charge on any atom is -0.872 e. The number of para-hydroxylation sites is 1. The van der Waals surface area contributed by atoms with E-state index in [2.05, 4.69) is 47.2 Å². The molecule has 5 rings (SSSR count). The van der Waals surface area contributed by atoms with E-state index in [4.69, 9.17) is 9.84 Å². The van der Waals surface area contributed by atoms with Gasteiger partial charge in [-0.2, -0.15) is 0 Å². The highest BCUT2D eigenvalue weighted by Gasteiger charge is 2.60. The van der Waals surface area contributed by atoms with Crippen molar-refractivity contribution < 1.29 is 29.0 Å². The number of aromatic carboxylic acids is 1. The number of rotatable bonds is 12. The fourth-order valence-electron chi connectivity index (χ4n) is 10.4. The number of hydrogen-bond acceptors (Lipinski definition) is 4. The van der Waals surface area contributed by atoms with Crippen molar-refractivity contribution in [3.63, 3.8) is 0 Å². The largest absolute Gasteiger partial charge is 0.872 e. The lowest BCUT2D eigenvalue weighted by molar-refractivity contribution is -0.870. The first-order valence-electron chi connectivity index (χ1n) is 18.4. The van der Waals surface area contributed by atoms with Crippen LogP contribution in [0.25, 0.3) is 0 Å². The van der Waals surface area contributed by atoms with E-state index in [1.165, 1.54) is 88.5 Å². The second-order valence-electron chi connectivity index (χ2n) is 16.8. The van der Waals surface area contributed by atoms with E-state index in [1.54, 1.807) is 0 Å². The van der Waals surface area contributed by atoms with Crippen LogP contribution in [0.4, 0.5) is 0 Å². The van der Waals surface area contributed by atoms with Crippen molar-refractivity contribution in [2.75, 3.05) is 47.4 Å². The summed E-state index contributed by atoms with van der Waals surface area (Å²) in [7, 11) is 6.55. The van der Waals surface area contributed by atoms with Crippen molar-refractivity contribution in [2.24, 2.45) is 46.3 Å². The Morgan fingerprint density at radius 2 is 1.72 bits per heavy atom. The third-order valence-electron chi connectivity index (χ3n) is 13.0. The average Bonchev–Trinajstić information content (AvgIpc) is 3.36. The Morgan fingerprint density at radius 1 is 0.978 bits per heavy atom. The summed E-state index contributed by atoms with van der Waals surface area (Å²) in [5.41, 5.74) is 0.974. The molecule has 4 aliphatic carbocycles. The number of quaternary nitrogens is 1. The van der Waals surface area contributed by atoms with Crippen LogP contribution < -0.4 is 10.4 Å². The van der Waals surface area contributed by atoms with E-state index in [0.717, 1.165) is 73.2 Å². The predicted octanol–water partition coefficient (Wildman–Crippen LogP) is 7.14. The number of carbonyl (C=O) groups is 2. The van der Waals surface area contributed by atoms with Gasteiger partial charge in [0.25, 0.3) is 0 Å². The first kappa shape index (κ1) is 36.7. The molecule has 0 spiro atoms. The Morgan fingerprint density at radius 3 is 2.41 bits per heavy atom. The SMILES string of the molecule is C[C@H](CCC(=O)NCCCOCC[N+](C)(C)C)[C@H]1CCC2C3CCC4CCCC[C@]4(C)C3CC[C@@]21C.O=C(O)c1ccccc1[O-]. The second-order valence-corrected chi connectivity index (χ2v) is 16.8. The molecule has 4 aliphatic rings. The number of nitrogens with zero attached hydrogens (tertiary/aromatic N) is 1. The minimum absolute atomic E-state index is 0.178. The van der Waals surface area contributed by atoms with E-state index in [-0.39, 0.29) is 11.5 Å². The van der Waals surface area contributed by atoms with Gasteiger partial charge >= 0.3 is 5.97 Å². The van der Waals surface area contributed by atoms with Gasteiger partial charge in [-0.05, 0) is 117 Å². The monoisotopic (exact) mass is 640 g/mol. The first-order valence-corrected chi connectivity index (χ1v) is 18.4. The summed E-state index contributed by atoms with van der Waals surface area (Å²) in [6.07, 6.45) is 17.4. The Kier molecular flexibility index (Phi) is 12.7. The van der Waals surface area contributed by atoms with Crippen LogP contribution >= 0.6 is 0 Å². The summed E-state index contributed by atoms with van der Waals surface area (Å²) < 4.78 is 6.65. The molecule has 0 radical (unpaired) electrons. The molecule has 0 aliphatic heterocycles. The lowest BCUT2D eigenvalue weighted by Crippen LogP contribution is -2.53. The zero-order valence-corrected chi connectivity index (χ0v) is 29.8. The van der Waals surface area contributed by atoms with Crippen LogP contribution in [0.1, 0.15) is 115 Å². The number of carbonyl (C=O) groups excluding carboxylic acids is 1. The van der Waals surface area contributed by atoms with E-state index in [9.17, 15) is 14.7 Å². The van der Waals surface area contributed by atoms with Crippen LogP contribution in [0.15, 0.2) is 24.3 Å². The molecule has 1 amide bonds. The average molecular weight is 641 g/mol. The lowest BCUT2D eigenvalue weighted by atomic mass is 9.44. The molecule has 1 aromatic carbocycles. The van der Waals surface area contributed by atoms with Crippen molar-refractivity contribution in [3.8, 4) is 5.75 Å². The number of amides is 1. The molecule has 4 fully saturated rings. The van der Waals surface area contributed by atoms with Crippen LogP contribution in [0.5, 0.6) is 5.75 Å². The molecular weight excluding hydrogens is 576 g/mol. The predicted molar refractivity (Wildman–Crippen MR) is 182 cm³/mol. The van der Waals surface area contributed by atoms with Gasteiger partial charge in [0, 0.05) is 19.6 Å². The topological polar surface area (TPSA) is 98.7 Å². The van der Waals surface area contributed by atoms with E-state index < -0.39 is 11.7 Å². The van der Waals surface area contributed by atoms with E-state index >= 15 is 0 Å². The summed E-state index contributed by atoms with van der Waals surface area (Å²) in [5, 5.41) is 22.2. The summed E-state index contributed by atoms with van der Waals surface area (Å²) >= 11 is 0. The molecule has 46 heavy (non-hydrogen) atoms. The quantitative estimate of drug-likeness (QED) is 0.187. The third-order valence-corrected chi connectivity index (χ3v) is 13.0. The molecule has 1 aromatic rings. The Bertz CT molecular complexity index is 1150. The van der Waals surface area contributed by atoms with Gasteiger partial charge in [0.1, 0.15) is 6.54 Å². The van der Waals surface area contributed by atoms with Crippen molar-refractivity contribution >= 4 is 11.9 Å². The Hall–Kier alpha value is -2.12. The molecule has 0 heterocycles. The number of hydrogen-bond donors (Lipinski definition) is 2. The highest BCUT2D eigenvalue weighted by molar-refractivity contribution is 5.90. The molecule has 8 atom stereocenters. The summed E-state index contributed by atoms with van der Waals surface area (Å²) in [6.45, 7) is 11.1. The van der Waals surface area contributed by atoms with Gasteiger partial charge in [-0.1, -0.05) is 57.6 Å². The number of carboxylic acid groups (broad SMARTS) is 1. The second kappa shape index (κ2) is 15.9. The van der Waals surface area contributed by atoms with Crippen molar-refractivity contribution in [1.29, 1.82) is 0 Å². The molecule has 4 saturated carbocycles. The van der Waals surface area contributed by atoms with Gasteiger partial charge in [0.05, 0.1) is 33.3 Å². The molecule has 0 saturated heterocycles. The van der Waals surface area contributed by atoms with Crippen molar-refractivity contribution in [3.05, 3.63) is 29.8 Å². The van der Waals surface area contributed by atoms with E-state index in [0.29, 0.717) is 23.2 Å². The zero-order chi connectivity index (χ0) is 33.5. The fraction of sp³-hybridized carbons (Fsp3) is 0.795. The minimum atomic E-state index is -1.18. The van der Waals surface area contributed by atoms with Crippen LogP contribution in [-0.4, -0.2) is 68.9 Å². The number of likely N-dealkylation sites (N-methyl/N-ethyl adjacent to an activating group) is 1. The first-order chi connectivity index (χ1) is 21.8. The highest BCUT2D eigenvalue weighted by Crippen LogP contribution is 2.68. The lowest BCUT2D eigenvalue weighted by Gasteiger charge is -2.61. The van der Waals surface area contributed by atoms with Gasteiger partial charge in [0.2, 0.25) is 5.91 Å². The molecule has 2 N–H and O–H groups in total. The van der Waals surface area contributed by atoms with Crippen molar-refractivity contribution in [2.45, 2.75) is 104 Å². The Balaban J connectivity index is 0.000000409. The van der Waals surface area contributed by atoms with Crippen LogP contribution in [0.3, 0.4) is 0 Å². The normalized spacial score (nSPS) is 32.6. The summed E-state index contributed by atoms with van der Waals surface area (Å²) in [6, 6.07) is 5.54. The standard InChI is InChI=1S/C32H58N2O2.C7H6O3/c1-24(11-16-30(35)33-20-9-22-36-23-21-34(4,5)6)27-14-15-28-26-13-12-25-10-7-8-18-31(25,2)29(26)17-19-32(27,28)3;8-6-4-2-1-3-5(6)7(9)10/h24-29H,7-23H2,1-6H3;1-4,8H,(H,9,10)/t24-,25?,26?,27-,28?,29?,31+,32-;/m1./s1. The van der Waals surface area contributed by atoms with Gasteiger partial charge < -0.3 is 24.7 Å². The summed E-state index contributed by atoms with van der Waals surface area (Å²) in [5.74, 6) is 4.00. The maximum absolute atomic E-state index is 12.5. The Labute approximate surface area is 279 Å². The van der Waals surface area contributed by atoms with Gasteiger partial charge in [-0.25, -0.2) is 4.79 Å². The highest BCUT2D eigenvalue weighted by atomic mass is 16.5. The van der Waals surface area contributed by atoms with Crippen molar-refractivity contribution in [1.82, 2.24) is 5.32 Å². The maximum atomic E-state index is 12.5. The van der Waals surface area contributed by atoms with Crippen LogP contribution in [0.2, 0.25) is 0 Å². The molecule has 7 heteroatoms. The molecular formula is C39H64N2O5. The van der Waals surface area contributed by atoms with Crippen LogP contribution in [-0.2, 0) is 9.53 Å². The molecule has 260 valence electrons. The third kappa shape index (κ3) is 8.86. The fourth-order valence-corrected chi connectivity index (χ4v) is 10.4. The zero-order valence-electron chi connectivity index (χ0n) is 29.8. The summed E-state index contributed by atoms with van der Waals surface area (Å²) in [4.78, 5) is 22.8. The van der Waals surface area contributed by atoms with Gasteiger partial charge in [-0.15, -0.1) is 0 Å². The molecule has 4 unspecified atom stereocenters. The molecule has 7 nitrogen and oxygen atoms in total. The number of carboxylic acids is 1. The van der Waals surface area contributed by atoms with Gasteiger partial charge in [-0.3, -0.25) is 4.79 Å².